The van der Waals surface area contributed by atoms with Crippen molar-refractivity contribution in [2.75, 3.05) is 7.11 Å². The minimum Gasteiger partial charge on any atom is -0.497 e. The van der Waals surface area contributed by atoms with Gasteiger partial charge in [0.25, 0.3) is 5.91 Å². The van der Waals surface area contributed by atoms with Gasteiger partial charge in [0.05, 0.1) is 13.2 Å². The number of hydrogen-bond donors (Lipinski definition) is 1. The maximum absolute atomic E-state index is 12.1. The molecule has 3 rings (SSSR count). The Morgan fingerprint density at radius 1 is 1.11 bits per heavy atom. The number of fused-ring (bicyclic) bond motifs is 1. The van der Waals surface area contributed by atoms with E-state index in [0.29, 0.717) is 0 Å². The second-order valence-corrected chi connectivity index (χ2v) is 4.66. The van der Waals surface area contributed by atoms with E-state index >= 15 is 0 Å². The zero-order chi connectivity index (χ0) is 13.2. The Morgan fingerprint density at radius 3 is 2.58 bits per heavy atom. The Hall–Kier alpha value is -2.29. The smallest absolute Gasteiger partial charge is 0.252 e. The number of benzene rings is 2. The van der Waals surface area contributed by atoms with Crippen molar-refractivity contribution >= 4 is 5.91 Å². The topological polar surface area (TPSA) is 38.3 Å². The molecule has 1 aliphatic rings. The highest BCUT2D eigenvalue weighted by atomic mass is 16.5. The van der Waals surface area contributed by atoms with E-state index in [-0.39, 0.29) is 11.9 Å². The lowest BCUT2D eigenvalue weighted by Gasteiger charge is -2.26. The predicted octanol–water partition coefficient (Wildman–Crippen LogP) is 2.72. The standard InChI is InChI=1S/C16H15NO2/c1-19-13-8-6-11(7-9-13)15-10-12-4-2-3-5-14(12)16(18)17-15/h2-9,15H,10H2,1H3,(H,17,18). The summed E-state index contributed by atoms with van der Waals surface area (Å²) in [5, 5.41) is 3.05. The van der Waals surface area contributed by atoms with Gasteiger partial charge in [-0.3, -0.25) is 4.79 Å². The van der Waals surface area contributed by atoms with E-state index in [4.69, 9.17) is 4.74 Å². The highest BCUT2D eigenvalue weighted by Gasteiger charge is 2.24. The average Bonchev–Trinajstić information content (AvgIpc) is 2.47. The molecule has 2 aromatic carbocycles. The number of amides is 1. The molecule has 1 atom stereocenters. The molecule has 19 heavy (non-hydrogen) atoms. The van der Waals surface area contributed by atoms with Gasteiger partial charge in [0.2, 0.25) is 0 Å². The molecule has 3 heteroatoms. The summed E-state index contributed by atoms with van der Waals surface area (Å²) in [6, 6.07) is 15.6. The first kappa shape index (κ1) is 11.8. The Labute approximate surface area is 112 Å². The maximum atomic E-state index is 12.1. The quantitative estimate of drug-likeness (QED) is 0.893. The first-order chi connectivity index (χ1) is 9.28. The van der Waals surface area contributed by atoms with Gasteiger partial charge in [0, 0.05) is 5.56 Å². The molecule has 1 amide bonds. The molecule has 1 aliphatic heterocycles. The van der Waals surface area contributed by atoms with E-state index < -0.39 is 0 Å². The van der Waals surface area contributed by atoms with Crippen molar-refractivity contribution in [1.82, 2.24) is 5.32 Å². The summed E-state index contributed by atoms with van der Waals surface area (Å²) in [6.07, 6.45) is 0.828. The molecule has 1 heterocycles. The summed E-state index contributed by atoms with van der Waals surface area (Å²) >= 11 is 0. The molecule has 1 N–H and O–H groups in total. The number of ether oxygens (including phenoxy) is 1. The van der Waals surface area contributed by atoms with E-state index in [1.165, 1.54) is 0 Å². The fourth-order valence-electron chi connectivity index (χ4n) is 2.46. The summed E-state index contributed by atoms with van der Waals surface area (Å²) < 4.78 is 5.15. The van der Waals surface area contributed by atoms with Crippen molar-refractivity contribution in [3.05, 3.63) is 65.2 Å². The summed E-state index contributed by atoms with van der Waals surface area (Å²) in [5.74, 6) is 0.828. The molecule has 2 aromatic rings. The molecule has 0 spiro atoms. The van der Waals surface area contributed by atoms with Crippen LogP contribution >= 0.6 is 0 Å². The maximum Gasteiger partial charge on any atom is 0.252 e. The van der Waals surface area contributed by atoms with E-state index in [9.17, 15) is 4.79 Å². The lowest BCUT2D eigenvalue weighted by molar-refractivity contribution is 0.0925. The van der Waals surface area contributed by atoms with Crippen LogP contribution in [0.25, 0.3) is 0 Å². The number of rotatable bonds is 2. The van der Waals surface area contributed by atoms with Gasteiger partial charge < -0.3 is 10.1 Å². The van der Waals surface area contributed by atoms with Crippen molar-refractivity contribution in [3.8, 4) is 5.75 Å². The fraction of sp³-hybridized carbons (Fsp3) is 0.188. The number of carbonyl (C=O) groups is 1. The third kappa shape index (κ3) is 2.19. The van der Waals surface area contributed by atoms with E-state index in [2.05, 4.69) is 5.32 Å². The molecule has 3 nitrogen and oxygen atoms in total. The van der Waals surface area contributed by atoms with Gasteiger partial charge in [-0.25, -0.2) is 0 Å². The van der Waals surface area contributed by atoms with E-state index in [0.717, 1.165) is 28.9 Å². The first-order valence-corrected chi connectivity index (χ1v) is 6.30. The van der Waals surface area contributed by atoms with Crippen LogP contribution in [0.2, 0.25) is 0 Å². The fourth-order valence-corrected chi connectivity index (χ4v) is 2.46. The lowest BCUT2D eigenvalue weighted by atomic mass is 9.91. The summed E-state index contributed by atoms with van der Waals surface area (Å²) in [5.41, 5.74) is 2.99. The average molecular weight is 253 g/mol. The zero-order valence-corrected chi connectivity index (χ0v) is 10.7. The Morgan fingerprint density at radius 2 is 1.84 bits per heavy atom. The molecule has 1 unspecified atom stereocenters. The Bertz CT molecular complexity index is 604. The van der Waals surface area contributed by atoms with Crippen LogP contribution in [-0.2, 0) is 6.42 Å². The molecule has 0 aromatic heterocycles. The monoisotopic (exact) mass is 253 g/mol. The molecular formula is C16H15NO2. The lowest BCUT2D eigenvalue weighted by Crippen LogP contribution is -2.35. The van der Waals surface area contributed by atoms with Crippen LogP contribution in [0.1, 0.15) is 27.5 Å². The van der Waals surface area contributed by atoms with Gasteiger partial charge >= 0.3 is 0 Å². The van der Waals surface area contributed by atoms with Crippen molar-refractivity contribution in [2.45, 2.75) is 12.5 Å². The molecule has 0 radical (unpaired) electrons. The van der Waals surface area contributed by atoms with E-state index in [1.807, 2.05) is 48.5 Å². The van der Waals surface area contributed by atoms with Crippen LogP contribution in [-0.4, -0.2) is 13.0 Å². The third-order valence-corrected chi connectivity index (χ3v) is 3.51. The molecule has 96 valence electrons. The molecule has 0 bridgehead atoms. The number of nitrogens with one attached hydrogen (secondary N) is 1. The highest BCUT2D eigenvalue weighted by molar-refractivity contribution is 5.97. The predicted molar refractivity (Wildman–Crippen MR) is 73.3 cm³/mol. The molecule has 0 aliphatic carbocycles. The van der Waals surface area contributed by atoms with Gasteiger partial charge in [-0.05, 0) is 35.7 Å². The van der Waals surface area contributed by atoms with Crippen molar-refractivity contribution < 1.29 is 9.53 Å². The third-order valence-electron chi connectivity index (χ3n) is 3.51. The van der Waals surface area contributed by atoms with E-state index in [1.54, 1.807) is 7.11 Å². The van der Waals surface area contributed by atoms with Crippen LogP contribution in [0.5, 0.6) is 5.75 Å². The van der Waals surface area contributed by atoms with Gasteiger partial charge in [0.15, 0.2) is 0 Å². The second kappa shape index (κ2) is 4.76. The van der Waals surface area contributed by atoms with Gasteiger partial charge in [-0.1, -0.05) is 30.3 Å². The minimum absolute atomic E-state index is 0.00247. The zero-order valence-electron chi connectivity index (χ0n) is 10.7. The van der Waals surface area contributed by atoms with Crippen molar-refractivity contribution in [3.63, 3.8) is 0 Å². The summed E-state index contributed by atoms with van der Waals surface area (Å²) in [7, 11) is 1.65. The molecule has 0 saturated carbocycles. The Kier molecular flexibility index (Phi) is 2.95. The molecule has 0 fully saturated rings. The van der Waals surface area contributed by atoms with Crippen molar-refractivity contribution in [1.29, 1.82) is 0 Å². The molecule has 0 saturated heterocycles. The molecular weight excluding hydrogens is 238 g/mol. The minimum atomic E-state index is 0.00247. The summed E-state index contributed by atoms with van der Waals surface area (Å²) in [6.45, 7) is 0. The van der Waals surface area contributed by atoms with Crippen LogP contribution < -0.4 is 10.1 Å². The Balaban J connectivity index is 1.90. The first-order valence-electron chi connectivity index (χ1n) is 6.30. The summed E-state index contributed by atoms with van der Waals surface area (Å²) in [4.78, 5) is 12.1. The van der Waals surface area contributed by atoms with Gasteiger partial charge in [0.1, 0.15) is 5.75 Å². The SMILES string of the molecule is COc1ccc(C2Cc3ccccc3C(=O)N2)cc1. The highest BCUT2D eigenvalue weighted by Crippen LogP contribution is 2.26. The van der Waals surface area contributed by atoms with Crippen molar-refractivity contribution in [2.24, 2.45) is 0 Å². The van der Waals surface area contributed by atoms with Gasteiger partial charge in [-0.15, -0.1) is 0 Å². The number of hydrogen-bond acceptors (Lipinski definition) is 2. The van der Waals surface area contributed by atoms with Crippen LogP contribution in [0.3, 0.4) is 0 Å². The van der Waals surface area contributed by atoms with Crippen LogP contribution in [0.4, 0.5) is 0 Å². The second-order valence-electron chi connectivity index (χ2n) is 4.66. The number of carbonyl (C=O) groups excluding carboxylic acids is 1. The normalized spacial score (nSPS) is 17.5. The largest absolute Gasteiger partial charge is 0.497 e. The van der Waals surface area contributed by atoms with Crippen LogP contribution in [0.15, 0.2) is 48.5 Å². The van der Waals surface area contributed by atoms with Gasteiger partial charge in [-0.2, -0.15) is 0 Å². The number of methoxy groups -OCH3 is 1. The van der Waals surface area contributed by atoms with Crippen LogP contribution in [0, 0.1) is 0 Å².